The van der Waals surface area contributed by atoms with E-state index in [-0.39, 0.29) is 13.2 Å². The third-order valence-corrected chi connectivity index (χ3v) is 5.91. The van der Waals surface area contributed by atoms with Crippen LogP contribution in [0.4, 0.5) is 14.5 Å². The average Bonchev–Trinajstić information content (AvgIpc) is 3.08. The molecule has 31 heavy (non-hydrogen) atoms. The van der Waals surface area contributed by atoms with Crippen LogP contribution in [-0.4, -0.2) is 22.8 Å². The first kappa shape index (κ1) is 20.9. The van der Waals surface area contributed by atoms with Gasteiger partial charge in [-0.25, -0.2) is 8.78 Å². The maximum Gasteiger partial charge on any atom is 0.126 e. The molecule has 0 bridgehead atoms. The minimum atomic E-state index is -0.616. The molecule has 0 aliphatic heterocycles. The minimum absolute atomic E-state index is 0.00760. The van der Waals surface area contributed by atoms with Gasteiger partial charge in [-0.05, 0) is 48.0 Å². The van der Waals surface area contributed by atoms with Crippen LogP contribution in [0, 0.1) is 23.0 Å². The van der Waals surface area contributed by atoms with Gasteiger partial charge in [-0.3, -0.25) is 0 Å². The fraction of sp³-hybridized carbons (Fsp3) is 0.125. The number of anilines is 1. The molecule has 1 aromatic heterocycles. The van der Waals surface area contributed by atoms with Gasteiger partial charge in [0.05, 0.1) is 17.7 Å². The van der Waals surface area contributed by atoms with Crippen molar-refractivity contribution in [1.82, 2.24) is 4.57 Å². The fourth-order valence-electron chi connectivity index (χ4n) is 3.45. The van der Waals surface area contributed by atoms with Crippen molar-refractivity contribution in [3.8, 4) is 6.07 Å². The highest BCUT2D eigenvalue weighted by molar-refractivity contribution is 7.99. The molecule has 0 radical (unpaired) electrons. The molecular formula is C24H19F2N3OS. The van der Waals surface area contributed by atoms with E-state index >= 15 is 0 Å². The number of aromatic nitrogens is 1. The standard InChI is InChI=1S/C24H19F2N3OS/c25-18-9-16(10-19(26)11-18)14-29-15-24(31-23-4-2-1-3-17(23)13-27)21-6-5-20(12-22(21)29)28-7-8-30/h1-6,9-12,15,28,30H,7-8,14H2. The molecule has 3 aromatic carbocycles. The summed E-state index contributed by atoms with van der Waals surface area (Å²) in [6.45, 7) is 0.710. The number of fused-ring (bicyclic) bond motifs is 1. The van der Waals surface area contributed by atoms with Gasteiger partial charge in [0.25, 0.3) is 0 Å². The number of halogens is 2. The van der Waals surface area contributed by atoms with Gasteiger partial charge >= 0.3 is 0 Å². The van der Waals surface area contributed by atoms with Crippen molar-refractivity contribution in [1.29, 1.82) is 5.26 Å². The normalized spacial score (nSPS) is 10.9. The van der Waals surface area contributed by atoms with Crippen molar-refractivity contribution >= 4 is 28.4 Å². The van der Waals surface area contributed by atoms with Gasteiger partial charge < -0.3 is 15.0 Å². The van der Waals surface area contributed by atoms with Crippen LogP contribution in [0.3, 0.4) is 0 Å². The second kappa shape index (κ2) is 9.21. The van der Waals surface area contributed by atoms with Gasteiger partial charge in [0.2, 0.25) is 0 Å². The molecule has 7 heteroatoms. The van der Waals surface area contributed by atoms with Crippen molar-refractivity contribution in [3.05, 3.63) is 89.6 Å². The summed E-state index contributed by atoms with van der Waals surface area (Å²) in [6, 6.07) is 18.9. The summed E-state index contributed by atoms with van der Waals surface area (Å²) >= 11 is 1.48. The smallest absolute Gasteiger partial charge is 0.126 e. The first-order valence-corrected chi connectivity index (χ1v) is 10.5. The summed E-state index contributed by atoms with van der Waals surface area (Å²) < 4.78 is 29.3. The Bertz CT molecular complexity index is 1260. The van der Waals surface area contributed by atoms with E-state index in [1.807, 2.05) is 47.2 Å². The van der Waals surface area contributed by atoms with Crippen molar-refractivity contribution in [3.63, 3.8) is 0 Å². The lowest BCUT2D eigenvalue weighted by atomic mass is 10.2. The summed E-state index contributed by atoms with van der Waals surface area (Å²) in [5, 5.41) is 22.6. The molecule has 0 aliphatic rings. The highest BCUT2D eigenvalue weighted by Gasteiger charge is 2.14. The fourth-order valence-corrected chi connectivity index (χ4v) is 4.52. The molecule has 2 N–H and O–H groups in total. The number of aliphatic hydroxyl groups is 1. The molecule has 0 saturated carbocycles. The van der Waals surface area contributed by atoms with E-state index < -0.39 is 11.6 Å². The average molecular weight is 435 g/mol. The van der Waals surface area contributed by atoms with Crippen LogP contribution < -0.4 is 5.32 Å². The van der Waals surface area contributed by atoms with E-state index in [4.69, 9.17) is 5.11 Å². The Hall–Kier alpha value is -3.34. The zero-order chi connectivity index (χ0) is 21.8. The summed E-state index contributed by atoms with van der Waals surface area (Å²) in [6.07, 6.45) is 1.93. The molecule has 0 atom stereocenters. The maximum atomic E-state index is 13.7. The molecule has 4 rings (SSSR count). The zero-order valence-corrected chi connectivity index (χ0v) is 17.3. The van der Waals surface area contributed by atoms with Gasteiger partial charge in [0.15, 0.2) is 0 Å². The molecular weight excluding hydrogens is 416 g/mol. The Balaban J connectivity index is 1.78. The number of nitrogens with zero attached hydrogens (tertiary/aromatic N) is 2. The number of rotatable bonds is 7. The molecule has 0 saturated heterocycles. The SMILES string of the molecule is N#Cc1ccccc1Sc1cn(Cc2cc(F)cc(F)c2)c2cc(NCCO)ccc12. The van der Waals surface area contributed by atoms with Gasteiger partial charge in [-0.15, -0.1) is 0 Å². The topological polar surface area (TPSA) is 61.0 Å². The lowest BCUT2D eigenvalue weighted by Gasteiger charge is -2.09. The largest absolute Gasteiger partial charge is 0.395 e. The number of hydrogen-bond acceptors (Lipinski definition) is 4. The van der Waals surface area contributed by atoms with Crippen molar-refractivity contribution < 1.29 is 13.9 Å². The quantitative estimate of drug-likeness (QED) is 0.408. The summed E-state index contributed by atoms with van der Waals surface area (Å²) in [7, 11) is 0. The van der Waals surface area contributed by atoms with Crippen LogP contribution in [0.5, 0.6) is 0 Å². The molecule has 0 unspecified atom stereocenters. The maximum absolute atomic E-state index is 13.7. The van der Waals surface area contributed by atoms with Crippen molar-refractivity contribution in [2.75, 3.05) is 18.5 Å². The van der Waals surface area contributed by atoms with Crippen LogP contribution in [0.25, 0.3) is 10.9 Å². The second-order valence-electron chi connectivity index (χ2n) is 6.99. The molecule has 4 aromatic rings. The number of aliphatic hydroxyl groups excluding tert-OH is 1. The molecule has 0 amide bonds. The predicted molar refractivity (Wildman–Crippen MR) is 118 cm³/mol. The summed E-state index contributed by atoms with van der Waals surface area (Å²) in [4.78, 5) is 1.77. The molecule has 4 nitrogen and oxygen atoms in total. The van der Waals surface area contributed by atoms with Crippen LogP contribution in [0.2, 0.25) is 0 Å². The third kappa shape index (κ3) is 4.71. The first-order chi connectivity index (χ1) is 15.1. The Labute approximate surface area is 182 Å². The van der Waals surface area contributed by atoms with Gasteiger partial charge in [0.1, 0.15) is 17.7 Å². The monoisotopic (exact) mass is 435 g/mol. The van der Waals surface area contributed by atoms with Crippen molar-refractivity contribution in [2.45, 2.75) is 16.3 Å². The van der Waals surface area contributed by atoms with E-state index in [0.29, 0.717) is 17.7 Å². The van der Waals surface area contributed by atoms with Crippen molar-refractivity contribution in [2.24, 2.45) is 0 Å². The van der Waals surface area contributed by atoms with E-state index in [0.717, 1.165) is 32.4 Å². The van der Waals surface area contributed by atoms with E-state index in [2.05, 4.69) is 11.4 Å². The highest BCUT2D eigenvalue weighted by Crippen LogP contribution is 2.37. The van der Waals surface area contributed by atoms with Gasteiger partial charge in [0, 0.05) is 46.2 Å². The lowest BCUT2D eigenvalue weighted by molar-refractivity contribution is 0.311. The minimum Gasteiger partial charge on any atom is -0.395 e. The molecule has 156 valence electrons. The Morgan fingerprint density at radius 1 is 1.00 bits per heavy atom. The van der Waals surface area contributed by atoms with Crippen LogP contribution >= 0.6 is 11.8 Å². The van der Waals surface area contributed by atoms with E-state index in [1.165, 1.54) is 23.9 Å². The first-order valence-electron chi connectivity index (χ1n) is 9.67. The van der Waals surface area contributed by atoms with Gasteiger partial charge in [-0.2, -0.15) is 5.26 Å². The predicted octanol–water partition coefficient (Wildman–Crippen LogP) is 5.39. The summed E-state index contributed by atoms with van der Waals surface area (Å²) in [5.74, 6) is -1.23. The summed E-state index contributed by atoms with van der Waals surface area (Å²) in [5.41, 5.74) is 2.81. The van der Waals surface area contributed by atoms with Crippen LogP contribution in [0.1, 0.15) is 11.1 Å². The van der Waals surface area contributed by atoms with E-state index in [1.54, 1.807) is 6.07 Å². The lowest BCUT2D eigenvalue weighted by Crippen LogP contribution is -2.05. The number of hydrogen-bond donors (Lipinski definition) is 2. The van der Waals surface area contributed by atoms with Crippen LogP contribution in [0.15, 0.2) is 76.7 Å². The Morgan fingerprint density at radius 3 is 2.52 bits per heavy atom. The highest BCUT2D eigenvalue weighted by atomic mass is 32.2. The number of benzene rings is 3. The Morgan fingerprint density at radius 2 is 1.77 bits per heavy atom. The zero-order valence-electron chi connectivity index (χ0n) is 16.5. The van der Waals surface area contributed by atoms with E-state index in [9.17, 15) is 14.0 Å². The van der Waals surface area contributed by atoms with Crippen LogP contribution in [-0.2, 0) is 6.54 Å². The Kier molecular flexibility index (Phi) is 6.21. The molecule has 1 heterocycles. The second-order valence-corrected chi connectivity index (χ2v) is 8.08. The molecule has 0 spiro atoms. The third-order valence-electron chi connectivity index (χ3n) is 4.79. The van der Waals surface area contributed by atoms with Gasteiger partial charge in [-0.1, -0.05) is 23.9 Å². The molecule has 0 fully saturated rings. The molecule has 0 aliphatic carbocycles. The number of nitriles is 1. The number of nitrogens with one attached hydrogen (secondary N) is 1.